The van der Waals surface area contributed by atoms with Crippen LogP contribution in [-0.2, 0) is 33.4 Å². The average Bonchev–Trinajstić information content (AvgIpc) is 2.65. The van der Waals surface area contributed by atoms with E-state index in [2.05, 4.69) is 26.3 Å². The molecule has 0 fully saturated rings. The molecule has 0 saturated carbocycles. The van der Waals surface area contributed by atoms with Crippen molar-refractivity contribution in [3.8, 4) is 0 Å². The molecule has 0 heterocycles. The van der Waals surface area contributed by atoms with Crippen molar-refractivity contribution in [3.05, 3.63) is 50.6 Å². The van der Waals surface area contributed by atoms with Gasteiger partial charge in [-0.2, -0.15) is 0 Å². The van der Waals surface area contributed by atoms with Gasteiger partial charge in [0.1, 0.15) is 19.8 Å². The molecule has 0 aliphatic rings. The molecule has 0 aromatic rings. The van der Waals surface area contributed by atoms with Gasteiger partial charge in [-0.15, -0.1) is 0 Å². The number of carbonyl (C=O) groups excluding carboxylic acids is 4. The van der Waals surface area contributed by atoms with E-state index in [0.717, 1.165) is 24.3 Å². The van der Waals surface area contributed by atoms with Crippen LogP contribution in [0.15, 0.2) is 50.6 Å². The number of hydrogen-bond donors (Lipinski definition) is 0. The van der Waals surface area contributed by atoms with Crippen molar-refractivity contribution < 1.29 is 33.4 Å². The van der Waals surface area contributed by atoms with Crippen LogP contribution in [0.1, 0.15) is 12.8 Å². The second-order valence-corrected chi connectivity index (χ2v) is 5.11. The van der Waals surface area contributed by atoms with Gasteiger partial charge in [-0.3, -0.25) is 4.79 Å². The molecule has 0 aliphatic heterocycles. The zero-order chi connectivity index (χ0) is 19.3. The van der Waals surface area contributed by atoms with E-state index in [1.807, 2.05) is 0 Å². The smallest absolute Gasteiger partial charge is 0.330 e. The molecule has 0 amide bonds. The number of esters is 3. The van der Waals surface area contributed by atoms with Crippen LogP contribution in [0.2, 0.25) is 0 Å². The third kappa shape index (κ3) is 9.04. The largest absolute Gasteiger partial charge is 0.462 e. The van der Waals surface area contributed by atoms with Gasteiger partial charge in [0.2, 0.25) is 0 Å². The third-order valence-electron chi connectivity index (χ3n) is 3.19. The quantitative estimate of drug-likeness (QED) is 0.283. The Hall–Kier alpha value is -2.96. The fourth-order valence-electron chi connectivity index (χ4n) is 1.68. The van der Waals surface area contributed by atoms with Crippen molar-refractivity contribution in [2.75, 3.05) is 19.8 Å². The van der Waals surface area contributed by atoms with Crippen molar-refractivity contribution >= 4 is 23.7 Å². The lowest BCUT2D eigenvalue weighted by atomic mass is 9.84. The van der Waals surface area contributed by atoms with Crippen molar-refractivity contribution in [1.29, 1.82) is 0 Å². The van der Waals surface area contributed by atoms with Crippen LogP contribution in [-0.4, -0.2) is 43.5 Å². The minimum atomic E-state index is -1.12. The first-order chi connectivity index (χ1) is 11.8. The van der Waals surface area contributed by atoms with Crippen molar-refractivity contribution in [2.45, 2.75) is 12.8 Å². The van der Waals surface area contributed by atoms with Gasteiger partial charge in [0, 0.05) is 24.6 Å². The number of hydrogen-bond acceptors (Lipinski definition) is 7. The molecule has 0 rings (SSSR count). The lowest BCUT2D eigenvalue weighted by molar-refractivity contribution is -0.156. The monoisotopic (exact) mass is 350 g/mol. The Morgan fingerprint density at radius 2 is 1.04 bits per heavy atom. The second kappa shape index (κ2) is 11.6. The second-order valence-electron chi connectivity index (χ2n) is 5.11. The van der Waals surface area contributed by atoms with Crippen molar-refractivity contribution in [1.82, 2.24) is 0 Å². The molecule has 0 aromatic carbocycles. The summed E-state index contributed by atoms with van der Waals surface area (Å²) in [5, 5.41) is 0. The summed E-state index contributed by atoms with van der Waals surface area (Å²) in [6.45, 7) is 12.5. The molecular weight excluding hydrogens is 328 g/mol. The van der Waals surface area contributed by atoms with Gasteiger partial charge in [0.05, 0.1) is 5.41 Å². The Bertz CT molecular complexity index is 458. The molecule has 0 radical (unpaired) electrons. The average molecular weight is 350 g/mol. The highest BCUT2D eigenvalue weighted by Gasteiger charge is 2.35. The summed E-state index contributed by atoms with van der Waals surface area (Å²) in [4.78, 5) is 45.7. The van der Waals surface area contributed by atoms with Crippen LogP contribution in [0.5, 0.6) is 0 Å². The SMILES string of the molecule is C=CC(=O)CCC(COC(=O)C=C)(COC(=O)C=C)COC(=O)C=C. The van der Waals surface area contributed by atoms with Crippen LogP contribution in [0, 0.1) is 5.41 Å². The summed E-state index contributed by atoms with van der Waals surface area (Å²) in [5.41, 5.74) is -1.12. The summed E-state index contributed by atoms with van der Waals surface area (Å²) in [6, 6.07) is 0. The highest BCUT2D eigenvalue weighted by Crippen LogP contribution is 2.27. The summed E-state index contributed by atoms with van der Waals surface area (Å²) in [6.07, 6.45) is 4.19. The molecule has 0 aromatic heterocycles. The summed E-state index contributed by atoms with van der Waals surface area (Å²) in [7, 11) is 0. The van der Waals surface area contributed by atoms with Crippen molar-refractivity contribution in [3.63, 3.8) is 0 Å². The lowest BCUT2D eigenvalue weighted by Crippen LogP contribution is -2.39. The first-order valence-corrected chi connectivity index (χ1v) is 7.35. The highest BCUT2D eigenvalue weighted by atomic mass is 16.6. The molecule has 136 valence electrons. The summed E-state index contributed by atoms with van der Waals surface area (Å²) < 4.78 is 15.1. The van der Waals surface area contributed by atoms with Gasteiger partial charge in [0.25, 0.3) is 0 Å². The molecule has 0 N–H and O–H groups in total. The topological polar surface area (TPSA) is 96.0 Å². The molecule has 0 spiro atoms. The molecule has 0 aliphatic carbocycles. The maximum atomic E-state index is 11.6. The van der Waals surface area contributed by atoms with E-state index >= 15 is 0 Å². The van der Waals surface area contributed by atoms with Crippen LogP contribution in [0.25, 0.3) is 0 Å². The molecular formula is C18H22O7. The van der Waals surface area contributed by atoms with Gasteiger partial charge in [-0.25, -0.2) is 14.4 Å². The third-order valence-corrected chi connectivity index (χ3v) is 3.19. The molecule has 0 bridgehead atoms. The maximum absolute atomic E-state index is 11.6. The summed E-state index contributed by atoms with van der Waals surface area (Å²) in [5.74, 6) is -2.37. The van der Waals surface area contributed by atoms with E-state index in [4.69, 9.17) is 14.2 Å². The molecule has 0 unspecified atom stereocenters. The number of ether oxygens (including phenoxy) is 3. The van der Waals surface area contributed by atoms with Crippen molar-refractivity contribution in [2.24, 2.45) is 5.41 Å². The Labute approximate surface area is 146 Å². The van der Waals surface area contributed by atoms with Gasteiger partial charge in [-0.1, -0.05) is 26.3 Å². The lowest BCUT2D eigenvalue weighted by Gasteiger charge is -2.31. The molecule has 7 heteroatoms. The maximum Gasteiger partial charge on any atom is 0.330 e. The molecule has 0 saturated heterocycles. The van der Waals surface area contributed by atoms with Crippen LogP contribution >= 0.6 is 0 Å². The van der Waals surface area contributed by atoms with Gasteiger partial charge >= 0.3 is 17.9 Å². The zero-order valence-electron chi connectivity index (χ0n) is 14.0. The molecule has 0 atom stereocenters. The van der Waals surface area contributed by atoms with Gasteiger partial charge in [-0.05, 0) is 12.5 Å². The standard InChI is InChI=1S/C18H22O7/c1-5-14(19)9-10-18(11-23-15(20)6-2,12-24-16(21)7-3)13-25-17(22)8-4/h5-8H,1-4,9-13H2. The zero-order valence-corrected chi connectivity index (χ0v) is 14.0. The molecule has 7 nitrogen and oxygen atoms in total. The number of rotatable bonds is 13. The van der Waals surface area contributed by atoms with Gasteiger partial charge < -0.3 is 14.2 Å². The number of carbonyl (C=O) groups is 4. The van der Waals surface area contributed by atoms with E-state index in [1.54, 1.807) is 0 Å². The Kier molecular flexibility index (Phi) is 10.2. The first-order valence-electron chi connectivity index (χ1n) is 7.35. The first kappa shape index (κ1) is 22.0. The minimum Gasteiger partial charge on any atom is -0.462 e. The van der Waals surface area contributed by atoms with Gasteiger partial charge in [0.15, 0.2) is 5.78 Å². The predicted octanol–water partition coefficient (Wildman–Crippen LogP) is 1.70. The van der Waals surface area contributed by atoms with Crippen LogP contribution in [0.4, 0.5) is 0 Å². The normalized spacial score (nSPS) is 10.1. The predicted molar refractivity (Wildman–Crippen MR) is 90.3 cm³/mol. The fourth-order valence-corrected chi connectivity index (χ4v) is 1.68. The van der Waals surface area contributed by atoms with E-state index in [-0.39, 0.29) is 38.4 Å². The summed E-state index contributed by atoms with van der Waals surface area (Å²) >= 11 is 0. The number of allylic oxidation sites excluding steroid dienone is 1. The minimum absolute atomic E-state index is 0.0341. The molecule has 25 heavy (non-hydrogen) atoms. The highest BCUT2D eigenvalue weighted by molar-refractivity contribution is 5.89. The van der Waals surface area contributed by atoms with Crippen LogP contribution in [0.3, 0.4) is 0 Å². The fraction of sp³-hybridized carbons (Fsp3) is 0.333. The number of ketones is 1. The van der Waals surface area contributed by atoms with E-state index in [0.29, 0.717) is 0 Å². The van der Waals surface area contributed by atoms with E-state index in [1.165, 1.54) is 0 Å². The van der Waals surface area contributed by atoms with E-state index in [9.17, 15) is 19.2 Å². The van der Waals surface area contributed by atoms with E-state index < -0.39 is 23.3 Å². The Morgan fingerprint density at radius 3 is 1.32 bits per heavy atom. The Balaban J connectivity index is 5.36. The Morgan fingerprint density at radius 1 is 0.680 bits per heavy atom. The van der Waals surface area contributed by atoms with Crippen LogP contribution < -0.4 is 0 Å².